The molecule has 20 heavy (non-hydrogen) atoms. The van der Waals surface area contributed by atoms with Gasteiger partial charge in [0.25, 0.3) is 0 Å². The summed E-state index contributed by atoms with van der Waals surface area (Å²) in [7, 11) is 0. The molecule has 3 nitrogen and oxygen atoms in total. The van der Waals surface area contributed by atoms with Crippen LogP contribution in [0.1, 0.15) is 76.4 Å². The lowest BCUT2D eigenvalue weighted by Crippen LogP contribution is -2.31. The third-order valence-corrected chi connectivity index (χ3v) is 5.31. The van der Waals surface area contributed by atoms with Crippen LogP contribution in [0.3, 0.4) is 0 Å². The maximum atomic E-state index is 10.8. The second-order valence-corrected chi connectivity index (χ2v) is 7.16. The molecule has 2 fully saturated rings. The quantitative estimate of drug-likeness (QED) is 0.851. The molecule has 2 aliphatic rings. The van der Waals surface area contributed by atoms with Crippen LogP contribution < -0.4 is 0 Å². The van der Waals surface area contributed by atoms with Gasteiger partial charge in [-0.05, 0) is 44.1 Å². The lowest BCUT2D eigenvalue weighted by atomic mass is 9.89. The van der Waals surface area contributed by atoms with Crippen molar-refractivity contribution in [3.05, 3.63) is 18.0 Å². The maximum Gasteiger partial charge on any atom is 0.0703 e. The average molecular weight is 276 g/mol. The molecular formula is C17H28N2O. The van der Waals surface area contributed by atoms with Gasteiger partial charge in [0.05, 0.1) is 17.3 Å². The van der Waals surface area contributed by atoms with Gasteiger partial charge in [-0.1, -0.05) is 32.6 Å². The molecule has 0 saturated heterocycles. The van der Waals surface area contributed by atoms with Gasteiger partial charge in [-0.3, -0.25) is 4.68 Å². The van der Waals surface area contributed by atoms with Crippen molar-refractivity contribution in [1.29, 1.82) is 0 Å². The van der Waals surface area contributed by atoms with Crippen LogP contribution >= 0.6 is 0 Å². The minimum atomic E-state index is -0.514. The number of hydrogen-bond acceptors (Lipinski definition) is 2. The standard InChI is InChI=1S/C17H28N2O/c1-14-5-4-10-17(20,11-8-14)13-15-9-12-19(18-15)16-6-2-3-7-16/h9,12,14,16,20H,2-8,10-11,13H2,1H3. The molecular weight excluding hydrogens is 248 g/mol. The molecule has 2 aliphatic carbocycles. The Kier molecular flexibility index (Phi) is 4.16. The van der Waals surface area contributed by atoms with E-state index in [1.807, 2.05) is 0 Å². The van der Waals surface area contributed by atoms with Crippen molar-refractivity contribution in [3.8, 4) is 0 Å². The van der Waals surface area contributed by atoms with Crippen LogP contribution in [0, 0.1) is 5.92 Å². The van der Waals surface area contributed by atoms with Crippen LogP contribution in [0.25, 0.3) is 0 Å². The van der Waals surface area contributed by atoms with Gasteiger partial charge in [-0.15, -0.1) is 0 Å². The minimum absolute atomic E-state index is 0.514. The Balaban J connectivity index is 1.64. The Morgan fingerprint density at radius 3 is 2.80 bits per heavy atom. The summed E-state index contributed by atoms with van der Waals surface area (Å²) in [5.74, 6) is 0.764. The zero-order chi connectivity index (χ0) is 14.0. The van der Waals surface area contributed by atoms with Gasteiger partial charge in [0.15, 0.2) is 0 Å². The molecule has 2 unspecified atom stereocenters. The first-order valence-corrected chi connectivity index (χ1v) is 8.41. The van der Waals surface area contributed by atoms with E-state index in [9.17, 15) is 5.11 Å². The van der Waals surface area contributed by atoms with Crippen LogP contribution in [0.2, 0.25) is 0 Å². The van der Waals surface area contributed by atoms with Crippen molar-refractivity contribution in [2.75, 3.05) is 0 Å². The van der Waals surface area contributed by atoms with E-state index in [2.05, 4.69) is 23.9 Å². The SMILES string of the molecule is CC1CCCC(O)(Cc2ccn(C3CCCC3)n2)CC1. The second kappa shape index (κ2) is 5.88. The van der Waals surface area contributed by atoms with E-state index >= 15 is 0 Å². The van der Waals surface area contributed by atoms with E-state index < -0.39 is 5.60 Å². The van der Waals surface area contributed by atoms with Crippen LogP contribution in [0.5, 0.6) is 0 Å². The number of aromatic nitrogens is 2. The van der Waals surface area contributed by atoms with Gasteiger partial charge < -0.3 is 5.11 Å². The fourth-order valence-electron chi connectivity index (χ4n) is 3.92. The zero-order valence-corrected chi connectivity index (χ0v) is 12.7. The maximum absolute atomic E-state index is 10.8. The van der Waals surface area contributed by atoms with Crippen molar-refractivity contribution in [1.82, 2.24) is 9.78 Å². The van der Waals surface area contributed by atoms with Gasteiger partial charge in [0, 0.05) is 12.6 Å². The fraction of sp³-hybridized carbons (Fsp3) is 0.824. The lowest BCUT2D eigenvalue weighted by molar-refractivity contribution is 0.0233. The highest BCUT2D eigenvalue weighted by Crippen LogP contribution is 2.33. The number of aliphatic hydroxyl groups is 1. The molecule has 1 aromatic heterocycles. The summed E-state index contributed by atoms with van der Waals surface area (Å²) in [6, 6.07) is 2.72. The van der Waals surface area contributed by atoms with Crippen LogP contribution in [-0.2, 0) is 6.42 Å². The second-order valence-electron chi connectivity index (χ2n) is 7.16. The molecule has 2 saturated carbocycles. The van der Waals surface area contributed by atoms with Crippen LogP contribution in [0.15, 0.2) is 12.3 Å². The molecule has 3 heteroatoms. The number of rotatable bonds is 3. The monoisotopic (exact) mass is 276 g/mol. The van der Waals surface area contributed by atoms with E-state index in [4.69, 9.17) is 5.10 Å². The summed E-state index contributed by atoms with van der Waals surface area (Å²) in [5, 5.41) is 15.6. The van der Waals surface area contributed by atoms with Crippen LogP contribution in [0.4, 0.5) is 0 Å². The number of nitrogens with zero attached hydrogens (tertiary/aromatic N) is 2. The summed E-state index contributed by atoms with van der Waals surface area (Å²) in [5.41, 5.74) is 0.563. The molecule has 1 N–H and O–H groups in total. The van der Waals surface area contributed by atoms with E-state index in [0.29, 0.717) is 6.04 Å². The molecule has 1 heterocycles. The summed E-state index contributed by atoms with van der Waals surface area (Å²) in [6.45, 7) is 2.31. The normalized spacial score (nSPS) is 32.4. The topological polar surface area (TPSA) is 38.0 Å². The van der Waals surface area contributed by atoms with E-state index in [1.165, 1.54) is 32.1 Å². The summed E-state index contributed by atoms with van der Waals surface area (Å²) >= 11 is 0. The van der Waals surface area contributed by atoms with Crippen molar-refractivity contribution in [2.24, 2.45) is 5.92 Å². The molecule has 0 amide bonds. The Morgan fingerprint density at radius 1 is 1.20 bits per heavy atom. The molecule has 0 aliphatic heterocycles. The van der Waals surface area contributed by atoms with Crippen molar-refractivity contribution in [2.45, 2.75) is 82.8 Å². The third kappa shape index (κ3) is 3.25. The van der Waals surface area contributed by atoms with E-state index in [1.54, 1.807) is 0 Å². The highest BCUT2D eigenvalue weighted by atomic mass is 16.3. The molecule has 0 aromatic carbocycles. The highest BCUT2D eigenvalue weighted by Gasteiger charge is 2.31. The predicted octanol–water partition coefficient (Wildman–Crippen LogP) is 3.87. The fourth-order valence-corrected chi connectivity index (χ4v) is 3.92. The smallest absolute Gasteiger partial charge is 0.0703 e. The molecule has 112 valence electrons. The van der Waals surface area contributed by atoms with Gasteiger partial charge in [0.1, 0.15) is 0 Å². The van der Waals surface area contributed by atoms with Crippen LogP contribution in [-0.4, -0.2) is 20.5 Å². The third-order valence-electron chi connectivity index (χ3n) is 5.31. The molecule has 0 radical (unpaired) electrons. The Hall–Kier alpha value is -0.830. The minimum Gasteiger partial charge on any atom is -0.389 e. The van der Waals surface area contributed by atoms with Crippen molar-refractivity contribution in [3.63, 3.8) is 0 Å². The van der Waals surface area contributed by atoms with Crippen molar-refractivity contribution < 1.29 is 5.11 Å². The molecule has 1 aromatic rings. The predicted molar refractivity (Wildman–Crippen MR) is 80.6 cm³/mol. The first-order chi connectivity index (χ1) is 9.65. The Morgan fingerprint density at radius 2 is 2.00 bits per heavy atom. The van der Waals surface area contributed by atoms with Gasteiger partial charge in [-0.25, -0.2) is 0 Å². The zero-order valence-electron chi connectivity index (χ0n) is 12.7. The molecule has 3 rings (SSSR count). The Bertz CT molecular complexity index is 436. The van der Waals surface area contributed by atoms with Gasteiger partial charge in [-0.2, -0.15) is 5.10 Å². The average Bonchev–Trinajstić information content (AvgIpc) is 3.04. The Labute approximate surface area is 122 Å². The summed E-state index contributed by atoms with van der Waals surface area (Å²) in [4.78, 5) is 0. The lowest BCUT2D eigenvalue weighted by Gasteiger charge is -2.25. The molecule has 2 atom stereocenters. The molecule has 0 spiro atoms. The van der Waals surface area contributed by atoms with E-state index in [-0.39, 0.29) is 0 Å². The number of hydrogen-bond donors (Lipinski definition) is 1. The largest absolute Gasteiger partial charge is 0.389 e. The van der Waals surface area contributed by atoms with Gasteiger partial charge >= 0.3 is 0 Å². The summed E-state index contributed by atoms with van der Waals surface area (Å²) < 4.78 is 2.14. The van der Waals surface area contributed by atoms with E-state index in [0.717, 1.165) is 43.7 Å². The highest BCUT2D eigenvalue weighted by molar-refractivity contribution is 5.05. The van der Waals surface area contributed by atoms with Gasteiger partial charge in [0.2, 0.25) is 0 Å². The van der Waals surface area contributed by atoms with Crippen molar-refractivity contribution >= 4 is 0 Å². The molecule has 0 bridgehead atoms. The first kappa shape index (κ1) is 14.1. The summed E-state index contributed by atoms with van der Waals surface area (Å²) in [6.07, 6.45) is 13.5. The first-order valence-electron chi connectivity index (χ1n) is 8.41.